The Labute approximate surface area is 178 Å². The molecule has 2 atom stereocenters. The number of nitrogens with one attached hydrogen (secondary N) is 1. The van der Waals surface area contributed by atoms with Crippen molar-refractivity contribution in [2.45, 2.75) is 25.7 Å². The van der Waals surface area contributed by atoms with E-state index in [0.29, 0.717) is 11.8 Å². The molecule has 1 aliphatic carbocycles. The lowest BCUT2D eigenvalue weighted by molar-refractivity contribution is 0.281. The molecule has 1 aromatic heterocycles. The summed E-state index contributed by atoms with van der Waals surface area (Å²) >= 11 is 0. The summed E-state index contributed by atoms with van der Waals surface area (Å²) < 4.78 is 0. The average molecular weight is 399 g/mol. The van der Waals surface area contributed by atoms with E-state index in [1.807, 2.05) is 54.6 Å². The van der Waals surface area contributed by atoms with Crippen molar-refractivity contribution in [3.8, 4) is 0 Å². The van der Waals surface area contributed by atoms with Crippen LogP contribution in [0.25, 0.3) is 23.1 Å². The maximum Gasteiger partial charge on any atom is 0.154 e. The van der Waals surface area contributed by atoms with Crippen LogP contribution in [0.4, 0.5) is 5.82 Å². The number of aromatic nitrogens is 2. The van der Waals surface area contributed by atoms with Gasteiger partial charge in [0.1, 0.15) is 5.82 Å². The maximum atomic E-state index is 5.91. The molecule has 0 bridgehead atoms. The molecule has 3 aromatic rings. The van der Waals surface area contributed by atoms with E-state index in [-0.39, 0.29) is 0 Å². The van der Waals surface area contributed by atoms with Crippen LogP contribution in [0.2, 0.25) is 0 Å². The van der Waals surface area contributed by atoms with Crippen LogP contribution in [0, 0.1) is 11.8 Å². The number of anilines is 1. The first-order valence-corrected chi connectivity index (χ1v) is 10.9. The van der Waals surface area contributed by atoms with Gasteiger partial charge in [-0.2, -0.15) is 0 Å². The Bertz CT molecular complexity index is 1010. The van der Waals surface area contributed by atoms with E-state index in [1.165, 1.54) is 31.2 Å². The highest BCUT2D eigenvalue weighted by molar-refractivity contribution is 5.89. The van der Waals surface area contributed by atoms with Crippen LogP contribution < -0.4 is 11.1 Å². The molecule has 3 N–H and O–H groups in total. The van der Waals surface area contributed by atoms with E-state index in [1.54, 1.807) is 0 Å². The van der Waals surface area contributed by atoms with Crippen LogP contribution >= 0.6 is 0 Å². The standard InChI is InChI=1S/C26H30N4/c27-18-21-12-8-13-22(17-21)19-28-26-23-14-5-6-15-24(23)29-25(30-26)16-7-4-11-20-9-2-1-3-10-20/h1-7,9-11,14-16,21-22H,8,12-13,17-19,27H2,(H,28,29,30)/b11-4+,16-7+. The number of benzene rings is 2. The van der Waals surface area contributed by atoms with Gasteiger partial charge in [-0.15, -0.1) is 0 Å². The van der Waals surface area contributed by atoms with E-state index in [0.717, 1.165) is 35.6 Å². The number of nitrogens with zero attached hydrogens (tertiary/aromatic N) is 2. The first-order valence-electron chi connectivity index (χ1n) is 10.9. The number of hydrogen-bond acceptors (Lipinski definition) is 4. The largest absolute Gasteiger partial charge is 0.369 e. The van der Waals surface area contributed by atoms with Crippen molar-refractivity contribution in [3.63, 3.8) is 0 Å². The second kappa shape index (κ2) is 10.2. The van der Waals surface area contributed by atoms with Gasteiger partial charge in [0.25, 0.3) is 0 Å². The van der Waals surface area contributed by atoms with Crippen molar-refractivity contribution >= 4 is 28.9 Å². The van der Waals surface area contributed by atoms with Gasteiger partial charge in [-0.25, -0.2) is 9.97 Å². The second-order valence-corrected chi connectivity index (χ2v) is 8.09. The van der Waals surface area contributed by atoms with E-state index >= 15 is 0 Å². The molecule has 0 radical (unpaired) electrons. The van der Waals surface area contributed by atoms with Crippen molar-refractivity contribution in [1.29, 1.82) is 0 Å². The normalized spacial score (nSPS) is 19.6. The summed E-state index contributed by atoms with van der Waals surface area (Å²) in [5.41, 5.74) is 8.04. The van der Waals surface area contributed by atoms with Crippen molar-refractivity contribution in [2.24, 2.45) is 17.6 Å². The highest BCUT2D eigenvalue weighted by Crippen LogP contribution is 2.29. The van der Waals surface area contributed by atoms with Gasteiger partial charge in [0.05, 0.1) is 5.52 Å². The molecule has 1 saturated carbocycles. The van der Waals surface area contributed by atoms with Crippen LogP contribution in [0.1, 0.15) is 37.1 Å². The molecule has 2 unspecified atom stereocenters. The molecule has 0 amide bonds. The maximum absolute atomic E-state index is 5.91. The summed E-state index contributed by atoms with van der Waals surface area (Å²) in [6.07, 6.45) is 13.1. The first-order chi connectivity index (χ1) is 14.8. The fraction of sp³-hybridized carbons (Fsp3) is 0.308. The van der Waals surface area contributed by atoms with E-state index in [4.69, 9.17) is 15.7 Å². The molecule has 154 valence electrons. The molecule has 2 aromatic carbocycles. The van der Waals surface area contributed by atoms with E-state index < -0.39 is 0 Å². The Morgan fingerprint density at radius 3 is 2.53 bits per heavy atom. The quantitative estimate of drug-likeness (QED) is 0.513. The molecular formula is C26H30N4. The highest BCUT2D eigenvalue weighted by Gasteiger charge is 2.21. The Balaban J connectivity index is 1.49. The zero-order valence-electron chi connectivity index (χ0n) is 17.4. The van der Waals surface area contributed by atoms with Gasteiger partial charge in [0.15, 0.2) is 5.82 Å². The van der Waals surface area contributed by atoms with Crippen LogP contribution in [-0.4, -0.2) is 23.1 Å². The predicted molar refractivity (Wildman–Crippen MR) is 127 cm³/mol. The summed E-state index contributed by atoms with van der Waals surface area (Å²) in [6.45, 7) is 1.74. The Kier molecular flexibility index (Phi) is 6.88. The third-order valence-corrected chi connectivity index (χ3v) is 5.85. The number of rotatable bonds is 7. The number of para-hydroxylation sites is 1. The van der Waals surface area contributed by atoms with Gasteiger partial charge < -0.3 is 11.1 Å². The summed E-state index contributed by atoms with van der Waals surface area (Å²) in [4.78, 5) is 9.51. The molecular weight excluding hydrogens is 368 g/mol. The van der Waals surface area contributed by atoms with E-state index in [2.05, 4.69) is 29.6 Å². The number of nitrogens with two attached hydrogens (primary N) is 1. The fourth-order valence-electron chi connectivity index (χ4n) is 4.22. The van der Waals surface area contributed by atoms with Gasteiger partial charge in [-0.05, 0) is 61.4 Å². The Morgan fingerprint density at radius 1 is 0.900 bits per heavy atom. The smallest absolute Gasteiger partial charge is 0.154 e. The van der Waals surface area contributed by atoms with Crippen molar-refractivity contribution in [1.82, 2.24) is 9.97 Å². The second-order valence-electron chi connectivity index (χ2n) is 8.09. The van der Waals surface area contributed by atoms with Crippen molar-refractivity contribution in [3.05, 3.63) is 78.1 Å². The summed E-state index contributed by atoms with van der Waals surface area (Å²) in [7, 11) is 0. The molecule has 1 fully saturated rings. The first kappa shape index (κ1) is 20.3. The van der Waals surface area contributed by atoms with Gasteiger partial charge in [-0.1, -0.05) is 67.1 Å². The van der Waals surface area contributed by atoms with Crippen LogP contribution in [0.15, 0.2) is 66.7 Å². The topological polar surface area (TPSA) is 63.8 Å². The highest BCUT2D eigenvalue weighted by atomic mass is 15.0. The van der Waals surface area contributed by atoms with Gasteiger partial charge >= 0.3 is 0 Å². The summed E-state index contributed by atoms with van der Waals surface area (Å²) in [5, 5.41) is 4.68. The lowest BCUT2D eigenvalue weighted by Gasteiger charge is -2.28. The lowest BCUT2D eigenvalue weighted by Crippen LogP contribution is -2.26. The Hall–Kier alpha value is -2.98. The Morgan fingerprint density at radius 2 is 1.67 bits per heavy atom. The number of allylic oxidation sites excluding steroid dienone is 2. The molecule has 4 heteroatoms. The number of hydrogen-bond donors (Lipinski definition) is 2. The molecule has 4 rings (SSSR count). The molecule has 30 heavy (non-hydrogen) atoms. The SMILES string of the molecule is NCC1CCCC(CNc2nc(/C=C/C=C/c3ccccc3)nc3ccccc23)C1. The molecule has 1 heterocycles. The van der Waals surface area contributed by atoms with Crippen molar-refractivity contribution < 1.29 is 0 Å². The third-order valence-electron chi connectivity index (χ3n) is 5.85. The summed E-state index contributed by atoms with van der Waals surface area (Å²) in [6, 6.07) is 18.5. The third kappa shape index (κ3) is 5.33. The minimum atomic E-state index is 0.661. The minimum absolute atomic E-state index is 0.661. The van der Waals surface area contributed by atoms with Gasteiger partial charge in [-0.3, -0.25) is 0 Å². The minimum Gasteiger partial charge on any atom is -0.369 e. The fourth-order valence-corrected chi connectivity index (χ4v) is 4.22. The van der Waals surface area contributed by atoms with Crippen LogP contribution in [-0.2, 0) is 0 Å². The zero-order chi connectivity index (χ0) is 20.6. The molecule has 4 nitrogen and oxygen atoms in total. The zero-order valence-corrected chi connectivity index (χ0v) is 17.4. The van der Waals surface area contributed by atoms with Crippen molar-refractivity contribution in [2.75, 3.05) is 18.4 Å². The lowest BCUT2D eigenvalue weighted by atomic mass is 9.81. The van der Waals surface area contributed by atoms with Gasteiger partial charge in [0.2, 0.25) is 0 Å². The number of fused-ring (bicyclic) bond motifs is 1. The molecule has 1 aliphatic rings. The van der Waals surface area contributed by atoms with Crippen LogP contribution in [0.5, 0.6) is 0 Å². The molecule has 0 spiro atoms. The van der Waals surface area contributed by atoms with E-state index in [9.17, 15) is 0 Å². The average Bonchev–Trinajstić information content (AvgIpc) is 2.81. The van der Waals surface area contributed by atoms with Crippen LogP contribution in [0.3, 0.4) is 0 Å². The van der Waals surface area contributed by atoms with Gasteiger partial charge in [0, 0.05) is 11.9 Å². The summed E-state index contributed by atoms with van der Waals surface area (Å²) in [5.74, 6) is 2.97. The monoisotopic (exact) mass is 398 g/mol. The molecule has 0 aliphatic heterocycles. The predicted octanol–water partition coefficient (Wildman–Crippen LogP) is 5.53. The molecule has 0 saturated heterocycles.